The highest BCUT2D eigenvalue weighted by atomic mass is 16.7. The van der Waals surface area contributed by atoms with Gasteiger partial charge in [-0.3, -0.25) is 14.3 Å². The van der Waals surface area contributed by atoms with E-state index >= 15 is 0 Å². The number of aromatic amines is 1. The molecule has 0 amide bonds. The second-order valence-corrected chi connectivity index (χ2v) is 11.0. The molecule has 0 radical (unpaired) electrons. The number of nitrogens with one attached hydrogen (secondary N) is 1. The molecular weight excluding hydrogens is 580 g/mol. The number of nitrogens with zero attached hydrogens (tertiary/aromatic N) is 1. The zero-order valence-electron chi connectivity index (χ0n) is 25.1. The van der Waals surface area contributed by atoms with E-state index in [4.69, 9.17) is 18.9 Å². The standard InChI is InChI=1S/C34H32N2O9/c1-19-5-11-23(12-6-19)31(38)42-18-26-27(44-32(39)24-13-7-20(2)8-14-24)28(45-33(40)25-15-9-21(3)10-16-25)30(43-26)36-17-22(4)29(37)35-34(36)41/h5-17,26-28,30H,18H2,1-4H3,(H,35,37,41)/t26-,27+,28+,30-/m1/s1. The molecule has 11 heteroatoms. The Hall–Kier alpha value is -5.29. The summed E-state index contributed by atoms with van der Waals surface area (Å²) in [7, 11) is 0. The van der Waals surface area contributed by atoms with Crippen molar-refractivity contribution in [2.75, 3.05) is 6.61 Å². The number of esters is 3. The highest BCUT2D eigenvalue weighted by molar-refractivity contribution is 5.91. The van der Waals surface area contributed by atoms with Crippen LogP contribution in [0.5, 0.6) is 0 Å². The van der Waals surface area contributed by atoms with Crippen LogP contribution in [0.15, 0.2) is 88.6 Å². The fourth-order valence-corrected chi connectivity index (χ4v) is 4.80. The van der Waals surface area contributed by atoms with Crippen LogP contribution in [0.1, 0.15) is 59.6 Å². The van der Waals surface area contributed by atoms with E-state index in [0.29, 0.717) is 0 Å². The van der Waals surface area contributed by atoms with E-state index < -0.39 is 60.3 Å². The summed E-state index contributed by atoms with van der Waals surface area (Å²) >= 11 is 0. The Morgan fingerprint density at radius 3 is 1.62 bits per heavy atom. The van der Waals surface area contributed by atoms with Gasteiger partial charge in [0.1, 0.15) is 12.7 Å². The molecule has 1 aliphatic heterocycles. The van der Waals surface area contributed by atoms with Crippen molar-refractivity contribution in [2.24, 2.45) is 0 Å². The minimum Gasteiger partial charge on any atom is -0.459 e. The molecule has 1 fully saturated rings. The summed E-state index contributed by atoms with van der Waals surface area (Å²) in [4.78, 5) is 66.9. The Morgan fingerprint density at radius 1 is 0.689 bits per heavy atom. The average molecular weight is 613 g/mol. The third kappa shape index (κ3) is 7.10. The van der Waals surface area contributed by atoms with Gasteiger partial charge >= 0.3 is 23.6 Å². The Morgan fingerprint density at radius 2 is 1.13 bits per heavy atom. The van der Waals surface area contributed by atoms with Gasteiger partial charge < -0.3 is 18.9 Å². The Kier molecular flexibility index (Phi) is 9.10. The van der Waals surface area contributed by atoms with E-state index in [1.54, 1.807) is 72.8 Å². The molecule has 2 heterocycles. The van der Waals surface area contributed by atoms with Gasteiger partial charge in [-0.1, -0.05) is 53.1 Å². The van der Waals surface area contributed by atoms with Crippen LogP contribution in [0, 0.1) is 27.7 Å². The lowest BCUT2D eigenvalue weighted by Crippen LogP contribution is -2.43. The molecule has 3 aromatic carbocycles. The van der Waals surface area contributed by atoms with Crippen LogP contribution in [0.2, 0.25) is 0 Å². The minimum absolute atomic E-state index is 0.185. The normalized spacial score (nSPS) is 19.1. The zero-order chi connectivity index (χ0) is 32.2. The number of benzene rings is 3. The molecule has 1 aromatic heterocycles. The molecular formula is C34H32N2O9. The summed E-state index contributed by atoms with van der Waals surface area (Å²) in [6.07, 6.45) is -3.99. The number of hydrogen-bond donors (Lipinski definition) is 1. The first kappa shape index (κ1) is 31.1. The lowest BCUT2D eigenvalue weighted by atomic mass is 10.1. The van der Waals surface area contributed by atoms with Crippen LogP contribution < -0.4 is 11.2 Å². The molecule has 4 aromatic rings. The Bertz CT molecular complexity index is 1820. The van der Waals surface area contributed by atoms with E-state index in [1.807, 2.05) is 20.8 Å². The molecule has 0 bridgehead atoms. The summed E-state index contributed by atoms with van der Waals surface area (Å²) in [5, 5.41) is 0. The van der Waals surface area contributed by atoms with Gasteiger partial charge in [0.05, 0.1) is 16.7 Å². The predicted octanol–water partition coefficient (Wildman–Crippen LogP) is 3.98. The van der Waals surface area contributed by atoms with Gasteiger partial charge in [0, 0.05) is 11.8 Å². The molecule has 0 aliphatic carbocycles. The van der Waals surface area contributed by atoms with E-state index in [-0.39, 0.29) is 22.3 Å². The van der Waals surface area contributed by atoms with E-state index in [0.717, 1.165) is 21.3 Å². The molecule has 0 saturated carbocycles. The van der Waals surface area contributed by atoms with Crippen molar-refractivity contribution in [1.29, 1.82) is 0 Å². The monoisotopic (exact) mass is 612 g/mol. The summed E-state index contributed by atoms with van der Waals surface area (Å²) < 4.78 is 24.6. The van der Waals surface area contributed by atoms with Crippen molar-refractivity contribution in [2.45, 2.75) is 52.2 Å². The van der Waals surface area contributed by atoms with Crippen LogP contribution in [0.3, 0.4) is 0 Å². The Balaban J connectivity index is 1.52. The van der Waals surface area contributed by atoms with Gasteiger partial charge in [-0.2, -0.15) is 0 Å². The number of carbonyl (C=O) groups excluding carboxylic acids is 3. The van der Waals surface area contributed by atoms with Gasteiger partial charge in [-0.25, -0.2) is 19.2 Å². The van der Waals surface area contributed by atoms with Crippen molar-refractivity contribution in [3.63, 3.8) is 0 Å². The summed E-state index contributed by atoms with van der Waals surface area (Å²) in [6, 6.07) is 20.0. The van der Waals surface area contributed by atoms with Crippen LogP contribution in [0.25, 0.3) is 0 Å². The smallest absolute Gasteiger partial charge is 0.338 e. The van der Waals surface area contributed by atoms with Crippen LogP contribution in [-0.2, 0) is 18.9 Å². The molecule has 11 nitrogen and oxygen atoms in total. The van der Waals surface area contributed by atoms with Crippen molar-refractivity contribution in [3.05, 3.63) is 139 Å². The molecule has 1 aliphatic rings. The molecule has 5 rings (SSSR count). The molecule has 4 atom stereocenters. The number of hydrogen-bond acceptors (Lipinski definition) is 9. The van der Waals surface area contributed by atoms with Crippen molar-refractivity contribution in [1.82, 2.24) is 9.55 Å². The van der Waals surface area contributed by atoms with E-state index in [9.17, 15) is 24.0 Å². The van der Waals surface area contributed by atoms with Gasteiger partial charge in [0.15, 0.2) is 18.4 Å². The van der Waals surface area contributed by atoms with Crippen molar-refractivity contribution in [3.8, 4) is 0 Å². The number of ether oxygens (including phenoxy) is 4. The molecule has 1 N–H and O–H groups in total. The first-order valence-corrected chi connectivity index (χ1v) is 14.3. The van der Waals surface area contributed by atoms with Gasteiger partial charge in [-0.15, -0.1) is 0 Å². The molecule has 0 spiro atoms. The quantitative estimate of drug-likeness (QED) is 0.231. The zero-order valence-corrected chi connectivity index (χ0v) is 25.1. The number of carbonyl (C=O) groups is 3. The second-order valence-electron chi connectivity index (χ2n) is 11.0. The topological polar surface area (TPSA) is 143 Å². The third-order valence-corrected chi connectivity index (χ3v) is 7.43. The van der Waals surface area contributed by atoms with Gasteiger partial charge in [-0.05, 0) is 64.1 Å². The maximum atomic E-state index is 13.4. The minimum atomic E-state index is -1.39. The maximum Gasteiger partial charge on any atom is 0.338 e. The first-order valence-electron chi connectivity index (χ1n) is 14.3. The fraction of sp³-hybridized carbons (Fsp3) is 0.265. The highest BCUT2D eigenvalue weighted by Gasteiger charge is 2.51. The lowest BCUT2D eigenvalue weighted by molar-refractivity contribution is -0.0640. The lowest BCUT2D eigenvalue weighted by Gasteiger charge is -2.25. The second kappa shape index (κ2) is 13.1. The molecule has 232 valence electrons. The molecule has 45 heavy (non-hydrogen) atoms. The number of aryl methyl sites for hydroxylation is 4. The number of H-pyrrole nitrogens is 1. The number of aromatic nitrogens is 2. The number of rotatable bonds is 8. The van der Waals surface area contributed by atoms with Gasteiger partial charge in [0.25, 0.3) is 5.56 Å². The van der Waals surface area contributed by atoms with E-state index in [1.165, 1.54) is 13.1 Å². The summed E-state index contributed by atoms with van der Waals surface area (Å²) in [6.45, 7) is 6.70. The maximum absolute atomic E-state index is 13.4. The van der Waals surface area contributed by atoms with Crippen LogP contribution in [0.4, 0.5) is 0 Å². The molecule has 1 saturated heterocycles. The van der Waals surface area contributed by atoms with Gasteiger partial charge in [0.2, 0.25) is 0 Å². The SMILES string of the molecule is Cc1ccc(C(=O)OC[C@H]2O[C@@H](n3cc(C)c(=O)[nH]c3=O)[C@@H](OC(=O)c3ccc(C)cc3)[C@H]2OC(=O)c2ccc(C)cc2)cc1. The highest BCUT2D eigenvalue weighted by Crippen LogP contribution is 2.35. The summed E-state index contributed by atoms with van der Waals surface area (Å²) in [5.41, 5.74) is 2.26. The van der Waals surface area contributed by atoms with Crippen molar-refractivity contribution < 1.29 is 33.3 Å². The fourth-order valence-electron chi connectivity index (χ4n) is 4.80. The largest absolute Gasteiger partial charge is 0.459 e. The Labute approximate surface area is 258 Å². The predicted molar refractivity (Wildman–Crippen MR) is 162 cm³/mol. The molecule has 0 unspecified atom stereocenters. The average Bonchev–Trinajstić information content (AvgIpc) is 3.34. The van der Waals surface area contributed by atoms with E-state index in [2.05, 4.69) is 4.98 Å². The van der Waals surface area contributed by atoms with Crippen molar-refractivity contribution >= 4 is 17.9 Å². The van der Waals surface area contributed by atoms with Crippen LogP contribution >= 0.6 is 0 Å². The first-order chi connectivity index (χ1) is 21.5. The third-order valence-electron chi connectivity index (χ3n) is 7.43. The summed E-state index contributed by atoms with van der Waals surface area (Å²) in [5.74, 6) is -2.17. The van der Waals surface area contributed by atoms with Crippen LogP contribution in [-0.4, -0.2) is 52.4 Å².